The second kappa shape index (κ2) is 4.03. The van der Waals surface area contributed by atoms with Crippen molar-refractivity contribution in [2.75, 3.05) is 5.75 Å². The Morgan fingerprint density at radius 3 is 2.58 bits per heavy atom. The van der Waals surface area contributed by atoms with Crippen molar-refractivity contribution < 1.29 is 14.1 Å². The van der Waals surface area contributed by atoms with E-state index in [-0.39, 0.29) is 0 Å². The van der Waals surface area contributed by atoms with Gasteiger partial charge in [-0.2, -0.15) is 0 Å². The van der Waals surface area contributed by atoms with E-state index in [4.69, 9.17) is 5.11 Å². The zero-order chi connectivity index (χ0) is 9.14. The molecule has 0 amide bonds. The van der Waals surface area contributed by atoms with E-state index in [0.717, 1.165) is 12.8 Å². The Morgan fingerprint density at radius 1 is 1.67 bits per heavy atom. The molecule has 1 fully saturated rings. The van der Waals surface area contributed by atoms with Crippen LogP contribution in [0.25, 0.3) is 0 Å². The molecule has 0 spiro atoms. The van der Waals surface area contributed by atoms with Gasteiger partial charge >= 0.3 is 5.97 Å². The van der Waals surface area contributed by atoms with Gasteiger partial charge in [-0.25, -0.2) is 0 Å². The van der Waals surface area contributed by atoms with Gasteiger partial charge in [0, 0.05) is 16.6 Å². The highest BCUT2D eigenvalue weighted by Crippen LogP contribution is 2.30. The lowest BCUT2D eigenvalue weighted by Crippen LogP contribution is -2.26. The number of rotatable bonds is 5. The Labute approximate surface area is 74.6 Å². The molecule has 1 aliphatic rings. The van der Waals surface area contributed by atoms with Crippen LogP contribution in [0.4, 0.5) is 0 Å². The molecule has 12 heavy (non-hydrogen) atoms. The number of hydrogen-bond acceptors (Lipinski definition) is 2. The summed E-state index contributed by atoms with van der Waals surface area (Å²) in [5.41, 5.74) is 0. The summed E-state index contributed by atoms with van der Waals surface area (Å²) in [4.78, 5) is 10.6. The topological polar surface area (TPSA) is 54.4 Å². The van der Waals surface area contributed by atoms with E-state index >= 15 is 0 Å². The number of carboxylic acid groups (broad SMARTS) is 1. The zero-order valence-corrected chi connectivity index (χ0v) is 7.97. The van der Waals surface area contributed by atoms with E-state index in [1.165, 1.54) is 0 Å². The van der Waals surface area contributed by atoms with Crippen LogP contribution < -0.4 is 0 Å². The summed E-state index contributed by atoms with van der Waals surface area (Å²) in [6.45, 7) is 1.77. The maximum absolute atomic E-state index is 11.4. The van der Waals surface area contributed by atoms with Crippen molar-refractivity contribution in [2.45, 2.75) is 31.4 Å². The summed E-state index contributed by atoms with van der Waals surface area (Å²) < 4.78 is 11.4. The summed E-state index contributed by atoms with van der Waals surface area (Å²) in [6.07, 6.45) is 2.72. The Hall–Kier alpha value is -0.380. The molecule has 0 radical (unpaired) electrons. The van der Waals surface area contributed by atoms with Crippen LogP contribution in [-0.4, -0.2) is 26.3 Å². The number of carboxylic acids is 1. The third-order valence-corrected chi connectivity index (χ3v) is 4.03. The van der Waals surface area contributed by atoms with Gasteiger partial charge in [-0.3, -0.25) is 9.00 Å². The third kappa shape index (κ3) is 2.59. The lowest BCUT2D eigenvalue weighted by molar-refractivity contribution is -0.136. The number of aliphatic carboxylic acids is 1. The maximum atomic E-state index is 11.4. The van der Waals surface area contributed by atoms with E-state index in [2.05, 4.69) is 0 Å². The summed E-state index contributed by atoms with van der Waals surface area (Å²) in [6, 6.07) is 0. The van der Waals surface area contributed by atoms with E-state index in [0.29, 0.717) is 18.1 Å². The third-order valence-electron chi connectivity index (χ3n) is 2.06. The van der Waals surface area contributed by atoms with Gasteiger partial charge in [-0.1, -0.05) is 6.92 Å². The van der Waals surface area contributed by atoms with Crippen molar-refractivity contribution >= 4 is 16.8 Å². The van der Waals surface area contributed by atoms with Gasteiger partial charge in [0.15, 0.2) is 0 Å². The van der Waals surface area contributed by atoms with E-state index in [1.807, 2.05) is 0 Å². The predicted molar refractivity (Wildman–Crippen MR) is 47.4 cm³/mol. The number of carbonyl (C=O) groups is 1. The fourth-order valence-electron chi connectivity index (χ4n) is 1.11. The van der Waals surface area contributed by atoms with Crippen molar-refractivity contribution in [3.05, 3.63) is 0 Å². The molecular formula is C8H14O3S. The minimum absolute atomic E-state index is 0.467. The molecule has 0 heterocycles. The van der Waals surface area contributed by atoms with Crippen LogP contribution in [0.3, 0.4) is 0 Å². The molecule has 2 atom stereocenters. The van der Waals surface area contributed by atoms with Crippen molar-refractivity contribution in [1.29, 1.82) is 0 Å². The monoisotopic (exact) mass is 190 g/mol. The molecule has 0 saturated heterocycles. The van der Waals surface area contributed by atoms with Crippen molar-refractivity contribution in [3.8, 4) is 0 Å². The highest BCUT2D eigenvalue weighted by Gasteiger charge is 2.29. The smallest absolute Gasteiger partial charge is 0.319 e. The van der Waals surface area contributed by atoms with Gasteiger partial charge < -0.3 is 5.11 Å². The average molecular weight is 190 g/mol. The molecule has 0 aliphatic heterocycles. The lowest BCUT2D eigenvalue weighted by atomic mass is 10.3. The molecule has 0 aromatic carbocycles. The second-order valence-electron chi connectivity index (χ2n) is 3.23. The fraction of sp³-hybridized carbons (Fsp3) is 0.875. The van der Waals surface area contributed by atoms with Gasteiger partial charge in [-0.05, 0) is 25.2 Å². The van der Waals surface area contributed by atoms with Gasteiger partial charge in [0.2, 0.25) is 0 Å². The molecule has 0 bridgehead atoms. The van der Waals surface area contributed by atoms with Gasteiger partial charge in [0.25, 0.3) is 0 Å². The van der Waals surface area contributed by atoms with Crippen LogP contribution in [-0.2, 0) is 15.6 Å². The van der Waals surface area contributed by atoms with Gasteiger partial charge in [0.05, 0.1) is 0 Å². The Balaban J connectivity index is 2.40. The highest BCUT2D eigenvalue weighted by molar-refractivity contribution is 7.86. The zero-order valence-electron chi connectivity index (χ0n) is 7.16. The number of hydrogen-bond donors (Lipinski definition) is 1. The van der Waals surface area contributed by atoms with Gasteiger partial charge in [0.1, 0.15) is 5.25 Å². The molecule has 1 aliphatic carbocycles. The first-order valence-electron chi connectivity index (χ1n) is 4.25. The van der Waals surface area contributed by atoms with Crippen LogP contribution in [0, 0.1) is 5.92 Å². The molecule has 4 heteroatoms. The first-order valence-corrected chi connectivity index (χ1v) is 5.63. The normalized spacial score (nSPS) is 21.8. The minimum atomic E-state index is -1.16. The first-order chi connectivity index (χ1) is 5.65. The Bertz CT molecular complexity index is 198. The molecule has 1 N–H and O–H groups in total. The SMILES string of the molecule is CCC(C(=O)O)S(=O)CC1CC1. The largest absolute Gasteiger partial charge is 0.480 e. The summed E-state index contributed by atoms with van der Waals surface area (Å²) in [5.74, 6) is 0.209. The lowest BCUT2D eigenvalue weighted by Gasteiger charge is -2.08. The highest BCUT2D eigenvalue weighted by atomic mass is 32.2. The standard InChI is InChI=1S/C8H14O3S/c1-2-7(8(9)10)12(11)5-6-3-4-6/h6-7H,2-5H2,1H3,(H,9,10). The first kappa shape index (κ1) is 9.71. The van der Waals surface area contributed by atoms with E-state index in [9.17, 15) is 9.00 Å². The minimum Gasteiger partial charge on any atom is -0.480 e. The van der Waals surface area contributed by atoms with Gasteiger partial charge in [-0.15, -0.1) is 0 Å². The molecule has 0 aromatic heterocycles. The van der Waals surface area contributed by atoms with Crippen LogP contribution in [0.2, 0.25) is 0 Å². The van der Waals surface area contributed by atoms with E-state index in [1.54, 1.807) is 6.92 Å². The van der Waals surface area contributed by atoms with Crippen molar-refractivity contribution in [1.82, 2.24) is 0 Å². The van der Waals surface area contributed by atoms with Crippen LogP contribution in [0.1, 0.15) is 26.2 Å². The van der Waals surface area contributed by atoms with Crippen LogP contribution in [0.15, 0.2) is 0 Å². The van der Waals surface area contributed by atoms with Crippen LogP contribution >= 0.6 is 0 Å². The summed E-state index contributed by atoms with van der Waals surface area (Å²) in [7, 11) is -1.16. The average Bonchev–Trinajstić information content (AvgIpc) is 2.71. The Morgan fingerprint density at radius 2 is 2.25 bits per heavy atom. The molecule has 70 valence electrons. The Kier molecular flexibility index (Phi) is 3.26. The summed E-state index contributed by atoms with van der Waals surface area (Å²) in [5, 5.41) is 8.04. The van der Waals surface area contributed by atoms with Crippen molar-refractivity contribution in [2.24, 2.45) is 5.92 Å². The predicted octanol–water partition coefficient (Wildman–Crippen LogP) is 1.01. The van der Waals surface area contributed by atoms with Crippen molar-refractivity contribution in [3.63, 3.8) is 0 Å². The molecule has 3 nitrogen and oxygen atoms in total. The molecule has 1 saturated carbocycles. The maximum Gasteiger partial charge on any atom is 0.319 e. The fourth-order valence-corrected chi connectivity index (χ4v) is 2.73. The second-order valence-corrected chi connectivity index (χ2v) is 4.89. The van der Waals surface area contributed by atoms with E-state index < -0.39 is 22.0 Å². The van der Waals surface area contributed by atoms with Crippen LogP contribution in [0.5, 0.6) is 0 Å². The summed E-state index contributed by atoms with van der Waals surface area (Å²) >= 11 is 0. The molecule has 2 unspecified atom stereocenters. The quantitative estimate of drug-likeness (QED) is 0.704. The molecule has 0 aromatic rings. The molecular weight excluding hydrogens is 176 g/mol. The molecule has 1 rings (SSSR count).